The molecule has 0 saturated carbocycles. The molecule has 0 aliphatic carbocycles. The van der Waals surface area contributed by atoms with Crippen LogP contribution in [0.5, 0.6) is 5.75 Å². The van der Waals surface area contributed by atoms with Crippen LogP contribution in [-0.4, -0.2) is 0 Å². The molecule has 20 heavy (non-hydrogen) atoms. The molecule has 0 unspecified atom stereocenters. The van der Waals surface area contributed by atoms with Crippen molar-refractivity contribution < 1.29 is 13.5 Å². The van der Waals surface area contributed by atoms with Gasteiger partial charge in [-0.2, -0.15) is 4.39 Å². The van der Waals surface area contributed by atoms with Gasteiger partial charge in [0.15, 0.2) is 0 Å². The molecule has 0 bridgehead atoms. The molecule has 0 fully saturated rings. The molecule has 0 amide bonds. The molecule has 0 N–H and O–H groups in total. The molecule has 2 aromatic carbocycles. The van der Waals surface area contributed by atoms with Crippen LogP contribution in [-0.2, 0) is 6.61 Å². The van der Waals surface area contributed by atoms with Crippen LogP contribution in [0.25, 0.3) is 11.0 Å². The first-order valence-electron chi connectivity index (χ1n) is 5.89. The molecule has 0 aliphatic heterocycles. The van der Waals surface area contributed by atoms with Gasteiger partial charge >= 0.3 is 0 Å². The van der Waals surface area contributed by atoms with E-state index in [9.17, 15) is 4.39 Å². The SMILES string of the molecule is Fc1cc2c(Cl)ccc(COc3ccccc3Br)c2o1. The minimum absolute atomic E-state index is 0.267. The molecule has 1 aromatic heterocycles. The average Bonchev–Trinajstić information content (AvgIpc) is 2.82. The van der Waals surface area contributed by atoms with E-state index in [4.69, 9.17) is 20.8 Å². The minimum atomic E-state index is -0.657. The third-order valence-electron chi connectivity index (χ3n) is 2.90. The van der Waals surface area contributed by atoms with Crippen molar-refractivity contribution in [2.24, 2.45) is 0 Å². The highest BCUT2D eigenvalue weighted by molar-refractivity contribution is 9.10. The van der Waals surface area contributed by atoms with Crippen LogP contribution >= 0.6 is 27.5 Å². The Hall–Kier alpha value is -1.52. The summed E-state index contributed by atoms with van der Waals surface area (Å²) in [7, 11) is 0. The van der Waals surface area contributed by atoms with Gasteiger partial charge in [0.25, 0.3) is 6.01 Å². The summed E-state index contributed by atoms with van der Waals surface area (Å²) in [5, 5.41) is 1.01. The molecule has 0 saturated heterocycles. The Labute approximate surface area is 128 Å². The van der Waals surface area contributed by atoms with Crippen molar-refractivity contribution in [3.63, 3.8) is 0 Å². The molecule has 0 aliphatic rings. The fourth-order valence-electron chi connectivity index (χ4n) is 1.95. The standard InChI is InChI=1S/C15H9BrClFO2/c16-11-3-1-2-4-13(11)19-8-9-5-6-12(17)10-7-14(18)20-15(9)10/h1-7H,8H2. The van der Waals surface area contributed by atoms with Crippen LogP contribution in [0.3, 0.4) is 0 Å². The van der Waals surface area contributed by atoms with Gasteiger partial charge in [0.1, 0.15) is 17.9 Å². The zero-order valence-corrected chi connectivity index (χ0v) is 12.5. The monoisotopic (exact) mass is 354 g/mol. The number of halogens is 3. The third-order valence-corrected chi connectivity index (χ3v) is 3.89. The Kier molecular flexibility index (Phi) is 3.68. The van der Waals surface area contributed by atoms with Gasteiger partial charge in [0.2, 0.25) is 0 Å². The van der Waals surface area contributed by atoms with Crippen LogP contribution in [0, 0.1) is 6.01 Å². The van der Waals surface area contributed by atoms with Gasteiger partial charge < -0.3 is 9.15 Å². The van der Waals surface area contributed by atoms with E-state index < -0.39 is 6.01 Å². The Morgan fingerprint density at radius 1 is 1.20 bits per heavy atom. The summed E-state index contributed by atoms with van der Waals surface area (Å²) < 4.78 is 24.9. The van der Waals surface area contributed by atoms with Crippen molar-refractivity contribution in [3.05, 3.63) is 63.5 Å². The number of furan rings is 1. The molecule has 102 valence electrons. The highest BCUT2D eigenvalue weighted by Gasteiger charge is 2.12. The number of hydrogen-bond donors (Lipinski definition) is 0. The van der Waals surface area contributed by atoms with E-state index in [1.54, 1.807) is 12.1 Å². The van der Waals surface area contributed by atoms with E-state index in [2.05, 4.69) is 15.9 Å². The van der Waals surface area contributed by atoms with E-state index >= 15 is 0 Å². The van der Waals surface area contributed by atoms with Crippen molar-refractivity contribution in [2.75, 3.05) is 0 Å². The maximum absolute atomic E-state index is 13.2. The van der Waals surface area contributed by atoms with Gasteiger partial charge in [0.05, 0.1) is 9.50 Å². The van der Waals surface area contributed by atoms with E-state index in [-0.39, 0.29) is 6.61 Å². The van der Waals surface area contributed by atoms with Gasteiger partial charge in [-0.3, -0.25) is 0 Å². The number of ether oxygens (including phenoxy) is 1. The van der Waals surface area contributed by atoms with Crippen LogP contribution in [0.1, 0.15) is 5.56 Å². The zero-order valence-electron chi connectivity index (χ0n) is 10.2. The maximum atomic E-state index is 13.2. The molecule has 2 nitrogen and oxygen atoms in total. The van der Waals surface area contributed by atoms with Crippen molar-refractivity contribution in [1.82, 2.24) is 0 Å². The summed E-state index contributed by atoms with van der Waals surface area (Å²) in [5.74, 6) is 0.711. The lowest BCUT2D eigenvalue weighted by atomic mass is 10.1. The van der Waals surface area contributed by atoms with Gasteiger partial charge in [-0.1, -0.05) is 29.8 Å². The Morgan fingerprint density at radius 3 is 2.80 bits per heavy atom. The topological polar surface area (TPSA) is 22.4 Å². The summed E-state index contributed by atoms with van der Waals surface area (Å²) in [4.78, 5) is 0. The summed E-state index contributed by atoms with van der Waals surface area (Å²) in [6.07, 6.45) is 0. The molecule has 0 atom stereocenters. The van der Waals surface area contributed by atoms with Gasteiger partial charge in [0, 0.05) is 17.0 Å². The number of fused-ring (bicyclic) bond motifs is 1. The summed E-state index contributed by atoms with van der Waals surface area (Å²) in [6.45, 7) is 0.267. The largest absolute Gasteiger partial charge is 0.488 e. The third kappa shape index (κ3) is 2.53. The highest BCUT2D eigenvalue weighted by Crippen LogP contribution is 2.31. The van der Waals surface area contributed by atoms with E-state index in [0.717, 1.165) is 10.0 Å². The molecule has 5 heteroatoms. The van der Waals surface area contributed by atoms with Crippen molar-refractivity contribution in [2.45, 2.75) is 6.61 Å². The number of rotatable bonds is 3. The first kappa shape index (κ1) is 13.5. The second kappa shape index (κ2) is 5.46. The molecule has 0 radical (unpaired) electrons. The second-order valence-electron chi connectivity index (χ2n) is 4.22. The smallest absolute Gasteiger partial charge is 0.278 e. The zero-order chi connectivity index (χ0) is 14.1. The number of para-hydroxylation sites is 1. The van der Waals surface area contributed by atoms with Crippen LogP contribution in [0.15, 0.2) is 51.4 Å². The molecular formula is C15H9BrClFO2. The van der Waals surface area contributed by atoms with Crippen molar-refractivity contribution in [3.8, 4) is 5.75 Å². The van der Waals surface area contributed by atoms with Crippen molar-refractivity contribution in [1.29, 1.82) is 0 Å². The summed E-state index contributed by atoms with van der Waals surface area (Å²) >= 11 is 9.42. The fourth-order valence-corrected chi connectivity index (χ4v) is 2.55. The lowest BCUT2D eigenvalue weighted by molar-refractivity contribution is 0.301. The number of hydrogen-bond acceptors (Lipinski definition) is 2. The Morgan fingerprint density at radius 2 is 2.00 bits per heavy atom. The Balaban J connectivity index is 1.92. The lowest BCUT2D eigenvalue weighted by Gasteiger charge is -2.08. The molecule has 0 spiro atoms. The second-order valence-corrected chi connectivity index (χ2v) is 5.48. The van der Waals surface area contributed by atoms with Gasteiger partial charge in [-0.25, -0.2) is 0 Å². The first-order chi connectivity index (χ1) is 9.65. The van der Waals surface area contributed by atoms with E-state index in [1.165, 1.54) is 6.07 Å². The summed E-state index contributed by atoms with van der Waals surface area (Å²) in [5.41, 5.74) is 1.16. The van der Waals surface area contributed by atoms with E-state index in [1.807, 2.05) is 24.3 Å². The van der Waals surface area contributed by atoms with Gasteiger partial charge in [-0.15, -0.1) is 0 Å². The van der Waals surface area contributed by atoms with Crippen LogP contribution in [0.2, 0.25) is 5.02 Å². The average molecular weight is 356 g/mol. The van der Waals surface area contributed by atoms with Crippen molar-refractivity contribution >= 4 is 38.5 Å². The number of benzene rings is 2. The predicted molar refractivity (Wildman–Crippen MR) is 79.7 cm³/mol. The molecular weight excluding hydrogens is 347 g/mol. The highest BCUT2D eigenvalue weighted by atomic mass is 79.9. The van der Waals surface area contributed by atoms with Gasteiger partial charge in [-0.05, 0) is 34.1 Å². The minimum Gasteiger partial charge on any atom is -0.488 e. The first-order valence-corrected chi connectivity index (χ1v) is 7.06. The quantitative estimate of drug-likeness (QED) is 0.613. The molecule has 1 heterocycles. The molecule has 3 aromatic rings. The predicted octanol–water partition coefficient (Wildman–Crippen LogP) is 5.57. The maximum Gasteiger partial charge on any atom is 0.278 e. The van der Waals surface area contributed by atoms with Crippen LogP contribution in [0.4, 0.5) is 4.39 Å². The lowest BCUT2D eigenvalue weighted by Crippen LogP contribution is -1.96. The fraction of sp³-hybridized carbons (Fsp3) is 0.0667. The Bertz CT molecular complexity index is 770. The van der Waals surface area contributed by atoms with Crippen LogP contribution < -0.4 is 4.74 Å². The normalized spacial score (nSPS) is 10.9. The molecule has 3 rings (SSSR count). The van der Waals surface area contributed by atoms with E-state index in [0.29, 0.717) is 21.7 Å². The summed E-state index contributed by atoms with van der Waals surface area (Å²) in [6, 6.07) is 11.6.